The minimum atomic E-state index is -4.45. The van der Waals surface area contributed by atoms with Crippen LogP contribution in [0.2, 0.25) is 5.02 Å². The van der Waals surface area contributed by atoms with E-state index < -0.39 is 11.7 Å². The molecule has 1 saturated heterocycles. The van der Waals surface area contributed by atoms with Crippen LogP contribution < -0.4 is 9.88 Å². The van der Waals surface area contributed by atoms with Crippen LogP contribution in [0.15, 0.2) is 36.5 Å². The molecule has 1 amide bonds. The normalized spacial score (nSPS) is 15.1. The highest BCUT2D eigenvalue weighted by molar-refractivity contribution is 6.32. The van der Waals surface area contributed by atoms with Crippen molar-refractivity contribution in [2.75, 3.05) is 31.1 Å². The summed E-state index contributed by atoms with van der Waals surface area (Å²) in [5.41, 5.74) is 0.990. The number of halogens is 4. The number of alkyl halides is 3. The highest BCUT2D eigenvalue weighted by Gasteiger charge is 2.34. The third kappa shape index (κ3) is 4.35. The second-order valence-corrected chi connectivity index (χ2v) is 6.82. The van der Waals surface area contributed by atoms with Crippen molar-refractivity contribution >= 4 is 23.3 Å². The number of hydrogen-bond donors (Lipinski definition) is 0. The molecule has 0 bridgehead atoms. The van der Waals surface area contributed by atoms with Crippen molar-refractivity contribution in [3.63, 3.8) is 0 Å². The van der Waals surface area contributed by atoms with Crippen molar-refractivity contribution in [2.45, 2.75) is 19.5 Å². The van der Waals surface area contributed by atoms with Gasteiger partial charge in [-0.05, 0) is 30.2 Å². The number of aromatic nitrogens is 1. The van der Waals surface area contributed by atoms with E-state index in [0.29, 0.717) is 37.6 Å². The average Bonchev–Trinajstić information content (AvgIpc) is 2.67. The second kappa shape index (κ2) is 7.76. The van der Waals surface area contributed by atoms with Crippen LogP contribution in [0.25, 0.3) is 0 Å². The predicted octanol–water partition coefficient (Wildman–Crippen LogP) is 3.70. The van der Waals surface area contributed by atoms with Crippen LogP contribution in [-0.4, -0.2) is 37.0 Å². The van der Waals surface area contributed by atoms with Gasteiger partial charge in [-0.3, -0.25) is 9.69 Å². The lowest BCUT2D eigenvalue weighted by Gasteiger charge is -2.31. The Hall–Kier alpha value is -2.28. The molecule has 0 atom stereocenters. The summed E-state index contributed by atoms with van der Waals surface area (Å²) in [5, 5.41) is 0.0137. The summed E-state index contributed by atoms with van der Waals surface area (Å²) in [4.78, 5) is 18.9. The lowest BCUT2D eigenvalue weighted by molar-refractivity contribution is -0.367. The molecule has 1 aromatic carbocycles. The van der Waals surface area contributed by atoms with Gasteiger partial charge in [0.25, 0.3) is 11.7 Å². The van der Waals surface area contributed by atoms with Crippen molar-refractivity contribution in [3.8, 4) is 0 Å². The zero-order valence-corrected chi connectivity index (χ0v) is 15.6. The van der Waals surface area contributed by atoms with Gasteiger partial charge in [-0.15, -0.1) is 0 Å². The molecular weight excluding hydrogens is 379 g/mol. The third-order valence-corrected chi connectivity index (χ3v) is 4.98. The predicted molar refractivity (Wildman–Crippen MR) is 96.9 cm³/mol. The van der Waals surface area contributed by atoms with E-state index in [2.05, 4.69) is 11.9 Å². The number of anilines is 1. The minimum absolute atomic E-state index is 0.0137. The van der Waals surface area contributed by atoms with Crippen LogP contribution in [-0.2, 0) is 12.6 Å². The SMILES string of the molecule is CCc1ccc(C(=O)N2CCN(c3[nH+]cc(C(F)(F)F)cc3Cl)CC2)cc1. The molecule has 144 valence electrons. The molecule has 8 heteroatoms. The van der Waals surface area contributed by atoms with Crippen LogP contribution in [0.1, 0.15) is 28.4 Å². The molecule has 2 heterocycles. The number of H-pyrrole nitrogens is 1. The maximum Gasteiger partial charge on any atom is 0.419 e. The Bertz CT molecular complexity index is 816. The summed E-state index contributed by atoms with van der Waals surface area (Å²) in [6.07, 6.45) is -2.62. The van der Waals surface area contributed by atoms with Crippen molar-refractivity contribution in [1.29, 1.82) is 0 Å². The monoisotopic (exact) mass is 398 g/mol. The topological polar surface area (TPSA) is 37.7 Å². The molecule has 4 nitrogen and oxygen atoms in total. The number of carbonyl (C=O) groups excluding carboxylic acids is 1. The summed E-state index contributed by atoms with van der Waals surface area (Å²) in [7, 11) is 0. The average molecular weight is 399 g/mol. The van der Waals surface area contributed by atoms with Gasteiger partial charge in [-0.25, -0.2) is 4.98 Å². The van der Waals surface area contributed by atoms with E-state index in [1.807, 2.05) is 29.2 Å². The number of benzene rings is 1. The molecule has 1 aliphatic heterocycles. The highest BCUT2D eigenvalue weighted by Crippen LogP contribution is 2.32. The van der Waals surface area contributed by atoms with Gasteiger partial charge in [0, 0.05) is 5.56 Å². The number of piperazine rings is 1. The minimum Gasteiger partial charge on any atom is -0.331 e. The Labute approximate surface area is 160 Å². The first-order valence-electron chi connectivity index (χ1n) is 8.71. The summed E-state index contributed by atoms with van der Waals surface area (Å²) in [6, 6.07) is 8.46. The van der Waals surface area contributed by atoms with Crippen LogP contribution in [0.4, 0.5) is 19.0 Å². The smallest absolute Gasteiger partial charge is 0.331 e. The van der Waals surface area contributed by atoms with Crippen LogP contribution in [0, 0.1) is 0 Å². The Morgan fingerprint density at radius 1 is 1.15 bits per heavy atom. The molecule has 0 aliphatic carbocycles. The van der Waals surface area contributed by atoms with Gasteiger partial charge in [0.15, 0.2) is 0 Å². The number of carbonyl (C=O) groups is 1. The number of amides is 1. The van der Waals surface area contributed by atoms with Gasteiger partial charge < -0.3 is 4.90 Å². The van der Waals surface area contributed by atoms with Gasteiger partial charge >= 0.3 is 6.18 Å². The number of rotatable bonds is 3. The van der Waals surface area contributed by atoms with Gasteiger partial charge in [0.05, 0.1) is 18.7 Å². The summed E-state index contributed by atoms with van der Waals surface area (Å²) >= 11 is 6.04. The maximum atomic E-state index is 12.8. The standard InChI is InChI=1S/C19H19ClF3N3O/c1-2-13-3-5-14(6-4-13)18(27)26-9-7-25(8-10-26)17-16(20)11-15(12-24-17)19(21,22)23/h3-6,11-12H,2,7-10H2,1H3/p+1. The molecule has 1 N–H and O–H groups in total. The number of pyridine rings is 1. The van der Waals surface area contributed by atoms with Gasteiger partial charge in [-0.1, -0.05) is 30.7 Å². The maximum absolute atomic E-state index is 12.8. The largest absolute Gasteiger partial charge is 0.419 e. The van der Waals surface area contributed by atoms with E-state index in [4.69, 9.17) is 11.6 Å². The van der Waals surface area contributed by atoms with Crippen LogP contribution >= 0.6 is 11.6 Å². The Kier molecular flexibility index (Phi) is 5.60. The highest BCUT2D eigenvalue weighted by atomic mass is 35.5. The lowest BCUT2D eigenvalue weighted by Crippen LogP contribution is -2.50. The molecule has 3 rings (SSSR count). The number of aromatic amines is 1. The first-order valence-corrected chi connectivity index (χ1v) is 9.09. The number of nitrogens with zero attached hydrogens (tertiary/aromatic N) is 2. The fourth-order valence-corrected chi connectivity index (χ4v) is 3.36. The molecule has 1 aromatic heterocycles. The summed E-state index contributed by atoms with van der Waals surface area (Å²) < 4.78 is 38.3. The molecular formula is C19H20ClF3N3O+. The molecule has 0 spiro atoms. The van der Waals surface area contributed by atoms with Crippen LogP contribution in [0.5, 0.6) is 0 Å². The third-order valence-electron chi connectivity index (χ3n) is 4.69. The van der Waals surface area contributed by atoms with E-state index in [-0.39, 0.29) is 10.9 Å². The number of nitrogens with one attached hydrogen (secondary N) is 1. The molecule has 1 fully saturated rings. The van der Waals surface area contributed by atoms with Crippen molar-refractivity contribution in [2.24, 2.45) is 0 Å². The van der Waals surface area contributed by atoms with E-state index >= 15 is 0 Å². The van der Waals surface area contributed by atoms with Crippen molar-refractivity contribution in [1.82, 2.24) is 4.90 Å². The molecule has 2 aromatic rings. The Morgan fingerprint density at radius 2 is 1.78 bits per heavy atom. The second-order valence-electron chi connectivity index (χ2n) is 6.41. The van der Waals surface area contributed by atoms with E-state index in [0.717, 1.165) is 18.7 Å². The van der Waals surface area contributed by atoms with Crippen LogP contribution in [0.3, 0.4) is 0 Å². The Balaban J connectivity index is 1.65. The molecule has 0 unspecified atom stereocenters. The quantitative estimate of drug-likeness (QED) is 0.790. The molecule has 0 radical (unpaired) electrons. The Morgan fingerprint density at radius 3 is 2.30 bits per heavy atom. The molecule has 27 heavy (non-hydrogen) atoms. The zero-order valence-electron chi connectivity index (χ0n) is 14.8. The zero-order chi connectivity index (χ0) is 19.6. The van der Waals surface area contributed by atoms with Crippen molar-refractivity contribution < 1.29 is 22.9 Å². The first-order chi connectivity index (χ1) is 12.8. The fourth-order valence-electron chi connectivity index (χ4n) is 3.07. The van der Waals surface area contributed by atoms with E-state index in [9.17, 15) is 18.0 Å². The van der Waals surface area contributed by atoms with E-state index in [1.165, 1.54) is 5.56 Å². The summed E-state index contributed by atoms with van der Waals surface area (Å²) in [5.74, 6) is 0.392. The summed E-state index contributed by atoms with van der Waals surface area (Å²) in [6.45, 7) is 3.97. The van der Waals surface area contributed by atoms with Crippen molar-refractivity contribution in [3.05, 3.63) is 58.2 Å². The molecule has 1 aliphatic rings. The first kappa shape index (κ1) is 19.5. The fraction of sp³-hybridized carbons (Fsp3) is 0.368. The van der Waals surface area contributed by atoms with Gasteiger partial charge in [0.2, 0.25) is 0 Å². The van der Waals surface area contributed by atoms with E-state index in [1.54, 1.807) is 4.90 Å². The lowest BCUT2D eigenvalue weighted by atomic mass is 10.1. The number of hydrogen-bond acceptors (Lipinski definition) is 2. The number of aryl methyl sites for hydroxylation is 1. The van der Waals surface area contributed by atoms with Gasteiger partial charge in [-0.2, -0.15) is 13.2 Å². The van der Waals surface area contributed by atoms with Gasteiger partial charge in [0.1, 0.15) is 24.3 Å². The molecule has 0 saturated carbocycles.